The predicted octanol–water partition coefficient (Wildman–Crippen LogP) is 4.54. The number of nitrogens with one attached hydrogen (secondary N) is 2. The Balaban J connectivity index is 1.49. The van der Waals surface area contributed by atoms with Gasteiger partial charge in [-0.25, -0.2) is 0 Å². The van der Waals surface area contributed by atoms with Crippen molar-refractivity contribution in [1.29, 1.82) is 0 Å². The zero-order valence-electron chi connectivity index (χ0n) is 14.5. The van der Waals surface area contributed by atoms with Gasteiger partial charge in [0.1, 0.15) is 0 Å². The molecule has 0 bridgehead atoms. The number of hydrogen-bond acceptors (Lipinski definition) is 4. The second kappa shape index (κ2) is 7.02. The summed E-state index contributed by atoms with van der Waals surface area (Å²) in [4.78, 5) is 1.94. The number of anilines is 2. The molecule has 0 spiro atoms. The molecular formula is C19H19F3N4O. The van der Waals surface area contributed by atoms with Crippen molar-refractivity contribution < 1.29 is 17.9 Å². The molecule has 0 radical (unpaired) electrons. The van der Waals surface area contributed by atoms with E-state index in [1.165, 1.54) is 6.07 Å². The molecule has 3 aromatic rings. The third kappa shape index (κ3) is 4.10. The van der Waals surface area contributed by atoms with E-state index in [4.69, 9.17) is 0 Å². The van der Waals surface area contributed by atoms with Gasteiger partial charge in [0.2, 0.25) is 0 Å². The predicted molar refractivity (Wildman–Crippen MR) is 98.1 cm³/mol. The fourth-order valence-electron chi connectivity index (χ4n) is 3.51. The highest BCUT2D eigenvalue weighted by atomic mass is 19.4. The number of aromatic amines is 1. The van der Waals surface area contributed by atoms with Gasteiger partial charge in [-0.1, -0.05) is 12.1 Å². The number of ether oxygens (including phenoxy) is 1. The summed E-state index contributed by atoms with van der Waals surface area (Å²) in [5.41, 5.74) is 2.39. The molecule has 142 valence electrons. The summed E-state index contributed by atoms with van der Waals surface area (Å²) in [5, 5.41) is 11.4. The fourth-order valence-corrected chi connectivity index (χ4v) is 3.51. The number of rotatable bonds is 4. The van der Waals surface area contributed by atoms with Crippen molar-refractivity contribution >= 4 is 22.3 Å². The van der Waals surface area contributed by atoms with Crippen molar-refractivity contribution in [3.63, 3.8) is 0 Å². The molecule has 1 aliphatic heterocycles. The Labute approximate surface area is 154 Å². The number of piperidine rings is 1. The van der Waals surface area contributed by atoms with Gasteiger partial charge in [-0.05, 0) is 43.2 Å². The number of nitrogens with zero attached hydrogens (tertiary/aromatic N) is 2. The average Bonchev–Trinajstić information content (AvgIpc) is 3.09. The van der Waals surface area contributed by atoms with Crippen LogP contribution in [0.15, 0.2) is 48.7 Å². The third-order valence-electron chi connectivity index (χ3n) is 4.66. The summed E-state index contributed by atoms with van der Waals surface area (Å²) in [6.07, 6.45) is -1.11. The van der Waals surface area contributed by atoms with Crippen molar-refractivity contribution in [2.75, 3.05) is 23.3 Å². The van der Waals surface area contributed by atoms with Gasteiger partial charge in [0, 0.05) is 30.2 Å². The second-order valence-electron chi connectivity index (χ2n) is 6.62. The van der Waals surface area contributed by atoms with Crippen molar-refractivity contribution in [3.05, 3.63) is 48.7 Å². The van der Waals surface area contributed by atoms with Gasteiger partial charge in [0.25, 0.3) is 0 Å². The second-order valence-corrected chi connectivity index (χ2v) is 6.62. The molecule has 27 heavy (non-hydrogen) atoms. The Bertz CT molecular complexity index is 924. The van der Waals surface area contributed by atoms with Crippen LogP contribution in [0.25, 0.3) is 10.9 Å². The van der Waals surface area contributed by atoms with Crippen LogP contribution in [0.5, 0.6) is 5.75 Å². The number of hydrogen-bond donors (Lipinski definition) is 2. The standard InChI is InChI=1S/C19H19F3N4O/c20-19(21,22)27-18-6-2-1-5-17(18)26-9-3-4-15(12-26)24-14-7-8-16-13(10-14)11-23-25-16/h1-2,5-8,10-11,15,24H,3-4,9,12H2,(H,23,25). The minimum atomic E-state index is -4.70. The Morgan fingerprint density at radius 1 is 1.19 bits per heavy atom. The van der Waals surface area contributed by atoms with Gasteiger partial charge in [-0.2, -0.15) is 5.10 Å². The van der Waals surface area contributed by atoms with Crippen molar-refractivity contribution in [2.45, 2.75) is 25.2 Å². The first kappa shape index (κ1) is 17.5. The molecule has 1 fully saturated rings. The van der Waals surface area contributed by atoms with Crippen LogP contribution < -0.4 is 15.0 Å². The van der Waals surface area contributed by atoms with Crippen molar-refractivity contribution in [2.24, 2.45) is 0 Å². The van der Waals surface area contributed by atoms with Crippen LogP contribution in [0.1, 0.15) is 12.8 Å². The van der Waals surface area contributed by atoms with Crippen LogP contribution in [-0.4, -0.2) is 35.7 Å². The van der Waals surface area contributed by atoms with Gasteiger partial charge in [-0.15, -0.1) is 13.2 Å². The van der Waals surface area contributed by atoms with Crippen molar-refractivity contribution in [3.8, 4) is 5.75 Å². The van der Waals surface area contributed by atoms with Gasteiger partial charge in [-0.3, -0.25) is 5.10 Å². The van der Waals surface area contributed by atoms with E-state index >= 15 is 0 Å². The van der Waals surface area contributed by atoms with Gasteiger partial charge >= 0.3 is 6.36 Å². The lowest BCUT2D eigenvalue weighted by Crippen LogP contribution is -2.42. The summed E-state index contributed by atoms with van der Waals surface area (Å²) in [5.74, 6) is -0.162. The van der Waals surface area contributed by atoms with E-state index in [0.29, 0.717) is 18.8 Å². The van der Waals surface area contributed by atoms with E-state index in [-0.39, 0.29) is 11.8 Å². The molecule has 1 unspecified atom stereocenters. The minimum absolute atomic E-state index is 0.127. The number of aromatic nitrogens is 2. The summed E-state index contributed by atoms with van der Waals surface area (Å²) in [6, 6.07) is 12.4. The van der Waals surface area contributed by atoms with Crippen molar-refractivity contribution in [1.82, 2.24) is 10.2 Å². The maximum absolute atomic E-state index is 12.7. The maximum atomic E-state index is 12.7. The van der Waals surface area contributed by atoms with Gasteiger partial charge in [0.05, 0.1) is 17.4 Å². The first-order chi connectivity index (χ1) is 13.0. The highest BCUT2D eigenvalue weighted by Gasteiger charge is 2.33. The summed E-state index contributed by atoms with van der Waals surface area (Å²) in [6.45, 7) is 1.29. The normalized spacial score (nSPS) is 17.9. The average molecular weight is 376 g/mol. The lowest BCUT2D eigenvalue weighted by molar-refractivity contribution is -0.274. The van der Waals surface area contributed by atoms with E-state index in [0.717, 1.165) is 29.4 Å². The van der Waals surface area contributed by atoms with Crippen LogP contribution in [0, 0.1) is 0 Å². The summed E-state index contributed by atoms with van der Waals surface area (Å²) >= 11 is 0. The molecule has 0 aliphatic carbocycles. The highest BCUT2D eigenvalue weighted by Crippen LogP contribution is 2.34. The first-order valence-electron chi connectivity index (χ1n) is 8.77. The first-order valence-corrected chi connectivity index (χ1v) is 8.77. The number of para-hydroxylation sites is 2. The van der Waals surface area contributed by atoms with Crippen LogP contribution in [0.4, 0.5) is 24.5 Å². The zero-order valence-corrected chi connectivity index (χ0v) is 14.5. The molecule has 0 saturated carbocycles. The number of halogens is 3. The Morgan fingerprint density at radius 3 is 2.89 bits per heavy atom. The lowest BCUT2D eigenvalue weighted by atomic mass is 10.0. The molecule has 0 amide bonds. The van der Waals surface area contributed by atoms with Gasteiger partial charge < -0.3 is 15.0 Å². The topological polar surface area (TPSA) is 53.2 Å². The molecule has 1 saturated heterocycles. The lowest BCUT2D eigenvalue weighted by Gasteiger charge is -2.36. The minimum Gasteiger partial charge on any atom is -0.404 e. The molecular weight excluding hydrogens is 357 g/mol. The SMILES string of the molecule is FC(F)(F)Oc1ccccc1N1CCCC(Nc2ccc3[nH]ncc3c2)C1. The number of H-pyrrole nitrogens is 1. The van der Waals surface area contributed by atoms with Crippen LogP contribution >= 0.6 is 0 Å². The van der Waals surface area contributed by atoms with E-state index in [9.17, 15) is 13.2 Å². The molecule has 5 nitrogen and oxygen atoms in total. The molecule has 2 N–H and O–H groups in total. The Hall–Kier alpha value is -2.90. The molecule has 1 aliphatic rings. The number of alkyl halides is 3. The van der Waals surface area contributed by atoms with Gasteiger partial charge in [0.15, 0.2) is 5.75 Å². The summed E-state index contributed by atoms with van der Waals surface area (Å²) < 4.78 is 42.3. The van der Waals surface area contributed by atoms with E-state index in [1.807, 2.05) is 23.1 Å². The quantitative estimate of drug-likeness (QED) is 0.702. The monoisotopic (exact) mass is 376 g/mol. The largest absolute Gasteiger partial charge is 0.573 e. The number of fused-ring (bicyclic) bond motifs is 1. The van der Waals surface area contributed by atoms with Crippen LogP contribution in [0.3, 0.4) is 0 Å². The Morgan fingerprint density at radius 2 is 2.04 bits per heavy atom. The smallest absolute Gasteiger partial charge is 0.404 e. The number of benzene rings is 2. The maximum Gasteiger partial charge on any atom is 0.573 e. The molecule has 2 heterocycles. The molecule has 8 heteroatoms. The van der Waals surface area contributed by atoms with Crippen LogP contribution in [-0.2, 0) is 0 Å². The van der Waals surface area contributed by atoms with E-state index in [2.05, 4.69) is 20.3 Å². The Kier molecular flexibility index (Phi) is 4.55. The zero-order chi connectivity index (χ0) is 18.9. The highest BCUT2D eigenvalue weighted by molar-refractivity contribution is 5.81. The molecule has 2 aromatic carbocycles. The third-order valence-corrected chi connectivity index (χ3v) is 4.66. The fraction of sp³-hybridized carbons (Fsp3) is 0.316. The molecule has 4 rings (SSSR count). The molecule has 1 aromatic heterocycles. The molecule has 1 atom stereocenters. The van der Waals surface area contributed by atoms with Crippen LogP contribution in [0.2, 0.25) is 0 Å². The van der Waals surface area contributed by atoms with E-state index < -0.39 is 6.36 Å². The summed E-state index contributed by atoms with van der Waals surface area (Å²) in [7, 11) is 0. The van der Waals surface area contributed by atoms with E-state index in [1.54, 1.807) is 24.4 Å².